The molecule has 2 atom stereocenters. The predicted molar refractivity (Wildman–Crippen MR) is 76.5 cm³/mol. The zero-order valence-corrected chi connectivity index (χ0v) is 11.9. The molecule has 0 aliphatic heterocycles. The van der Waals surface area contributed by atoms with E-state index in [9.17, 15) is 9.90 Å². The van der Waals surface area contributed by atoms with Crippen molar-refractivity contribution in [2.24, 2.45) is 5.92 Å². The first kappa shape index (κ1) is 14.4. The third kappa shape index (κ3) is 3.71. The van der Waals surface area contributed by atoms with Crippen LogP contribution in [-0.2, 0) is 0 Å². The lowest BCUT2D eigenvalue weighted by molar-refractivity contribution is 0.0663. The minimum atomic E-state index is -0.277. The van der Waals surface area contributed by atoms with Crippen LogP contribution in [0.2, 0.25) is 5.02 Å². The van der Waals surface area contributed by atoms with Crippen LogP contribution in [-0.4, -0.2) is 23.7 Å². The summed E-state index contributed by atoms with van der Waals surface area (Å²) in [5.74, 6) is 0.0867. The lowest BCUT2D eigenvalue weighted by Gasteiger charge is -2.27. The fourth-order valence-electron chi connectivity index (χ4n) is 2.54. The quantitative estimate of drug-likeness (QED) is 0.895. The molecule has 0 spiro atoms. The van der Waals surface area contributed by atoms with Crippen molar-refractivity contribution in [2.45, 2.75) is 38.7 Å². The standard InChI is InChI=1S/C15H20ClNO2/c1-10-8-11(6-7-13(10)16)15(19)17-9-12-4-2-3-5-14(12)18/h6-8,12,14,18H,2-5,9H2,1H3,(H,17,19). The van der Waals surface area contributed by atoms with E-state index in [0.29, 0.717) is 17.1 Å². The lowest BCUT2D eigenvalue weighted by atomic mass is 9.86. The Bertz CT molecular complexity index is 461. The van der Waals surface area contributed by atoms with Crippen molar-refractivity contribution < 1.29 is 9.90 Å². The van der Waals surface area contributed by atoms with Gasteiger partial charge in [0.25, 0.3) is 5.91 Å². The van der Waals surface area contributed by atoms with Gasteiger partial charge in [0, 0.05) is 23.0 Å². The fraction of sp³-hybridized carbons (Fsp3) is 0.533. The van der Waals surface area contributed by atoms with Crippen LogP contribution in [0, 0.1) is 12.8 Å². The molecule has 1 aliphatic rings. The molecule has 2 rings (SSSR count). The summed E-state index contributed by atoms with van der Waals surface area (Å²) < 4.78 is 0. The van der Waals surface area contributed by atoms with Gasteiger partial charge in [-0.25, -0.2) is 0 Å². The second kappa shape index (κ2) is 6.40. The molecule has 2 unspecified atom stereocenters. The summed E-state index contributed by atoms with van der Waals surface area (Å²) in [5.41, 5.74) is 1.51. The highest BCUT2D eigenvalue weighted by atomic mass is 35.5. The largest absolute Gasteiger partial charge is 0.393 e. The number of rotatable bonds is 3. The molecule has 3 nitrogen and oxygen atoms in total. The molecule has 0 radical (unpaired) electrons. The SMILES string of the molecule is Cc1cc(C(=O)NCC2CCCCC2O)ccc1Cl. The van der Waals surface area contributed by atoms with E-state index in [-0.39, 0.29) is 17.9 Å². The number of aliphatic hydroxyl groups is 1. The Labute approximate surface area is 119 Å². The summed E-state index contributed by atoms with van der Waals surface area (Å²) in [5, 5.41) is 13.4. The molecular formula is C15H20ClNO2. The average molecular weight is 282 g/mol. The molecule has 0 saturated heterocycles. The molecule has 4 heteroatoms. The summed E-state index contributed by atoms with van der Waals surface area (Å²) in [6.45, 7) is 2.42. The van der Waals surface area contributed by atoms with Crippen LogP contribution in [0.3, 0.4) is 0 Å². The molecule has 0 heterocycles. The number of carbonyl (C=O) groups is 1. The molecule has 1 amide bonds. The Balaban J connectivity index is 1.91. The maximum atomic E-state index is 12.0. The molecule has 1 aliphatic carbocycles. The fourth-order valence-corrected chi connectivity index (χ4v) is 2.66. The topological polar surface area (TPSA) is 49.3 Å². The van der Waals surface area contributed by atoms with Crippen LogP contribution < -0.4 is 5.32 Å². The highest BCUT2D eigenvalue weighted by Crippen LogP contribution is 2.23. The number of carbonyl (C=O) groups excluding carboxylic acids is 1. The Morgan fingerprint density at radius 3 is 2.84 bits per heavy atom. The van der Waals surface area contributed by atoms with E-state index in [4.69, 9.17) is 11.6 Å². The Kier molecular flexibility index (Phi) is 4.83. The molecule has 1 aromatic rings. The van der Waals surface area contributed by atoms with Gasteiger partial charge in [-0.3, -0.25) is 4.79 Å². The van der Waals surface area contributed by atoms with Crippen LogP contribution in [0.25, 0.3) is 0 Å². The summed E-state index contributed by atoms with van der Waals surface area (Å²) in [4.78, 5) is 12.0. The molecule has 19 heavy (non-hydrogen) atoms. The molecule has 0 aromatic heterocycles. The zero-order chi connectivity index (χ0) is 13.8. The van der Waals surface area contributed by atoms with Gasteiger partial charge in [0.15, 0.2) is 0 Å². The third-order valence-corrected chi connectivity index (χ3v) is 4.24. The van der Waals surface area contributed by atoms with Crippen molar-refractivity contribution in [1.29, 1.82) is 0 Å². The van der Waals surface area contributed by atoms with Gasteiger partial charge < -0.3 is 10.4 Å². The van der Waals surface area contributed by atoms with Gasteiger partial charge >= 0.3 is 0 Å². The van der Waals surface area contributed by atoms with Crippen LogP contribution >= 0.6 is 11.6 Å². The van der Waals surface area contributed by atoms with E-state index in [0.717, 1.165) is 31.2 Å². The second-order valence-electron chi connectivity index (χ2n) is 5.29. The van der Waals surface area contributed by atoms with Crippen molar-refractivity contribution in [2.75, 3.05) is 6.54 Å². The smallest absolute Gasteiger partial charge is 0.251 e. The number of aryl methyl sites for hydroxylation is 1. The van der Waals surface area contributed by atoms with Gasteiger partial charge in [0.2, 0.25) is 0 Å². The van der Waals surface area contributed by atoms with Crippen molar-refractivity contribution in [3.05, 3.63) is 34.3 Å². The number of halogens is 1. The van der Waals surface area contributed by atoms with E-state index in [1.165, 1.54) is 0 Å². The van der Waals surface area contributed by atoms with E-state index in [2.05, 4.69) is 5.32 Å². The molecule has 0 bridgehead atoms. The van der Waals surface area contributed by atoms with Crippen molar-refractivity contribution in [1.82, 2.24) is 5.32 Å². The van der Waals surface area contributed by atoms with Crippen molar-refractivity contribution in [3.8, 4) is 0 Å². The summed E-state index contributed by atoms with van der Waals surface area (Å²) in [6, 6.07) is 5.25. The summed E-state index contributed by atoms with van der Waals surface area (Å²) >= 11 is 5.94. The van der Waals surface area contributed by atoms with E-state index < -0.39 is 0 Å². The van der Waals surface area contributed by atoms with Crippen molar-refractivity contribution in [3.63, 3.8) is 0 Å². The molecule has 104 valence electrons. The maximum absolute atomic E-state index is 12.0. The number of nitrogens with one attached hydrogen (secondary N) is 1. The minimum Gasteiger partial charge on any atom is -0.393 e. The number of aliphatic hydroxyl groups excluding tert-OH is 1. The van der Waals surface area contributed by atoms with Crippen LogP contribution in [0.15, 0.2) is 18.2 Å². The van der Waals surface area contributed by atoms with E-state index in [1.54, 1.807) is 18.2 Å². The highest BCUT2D eigenvalue weighted by molar-refractivity contribution is 6.31. The van der Waals surface area contributed by atoms with Crippen LogP contribution in [0.4, 0.5) is 0 Å². The summed E-state index contributed by atoms with van der Waals surface area (Å²) in [6.07, 6.45) is 3.78. The Morgan fingerprint density at radius 1 is 1.42 bits per heavy atom. The van der Waals surface area contributed by atoms with Gasteiger partial charge in [-0.1, -0.05) is 24.4 Å². The first-order valence-electron chi connectivity index (χ1n) is 6.80. The van der Waals surface area contributed by atoms with Gasteiger partial charge in [0.1, 0.15) is 0 Å². The third-order valence-electron chi connectivity index (χ3n) is 3.81. The van der Waals surface area contributed by atoms with E-state index >= 15 is 0 Å². The van der Waals surface area contributed by atoms with Gasteiger partial charge in [-0.2, -0.15) is 0 Å². The maximum Gasteiger partial charge on any atom is 0.251 e. The second-order valence-corrected chi connectivity index (χ2v) is 5.69. The van der Waals surface area contributed by atoms with Gasteiger partial charge in [0.05, 0.1) is 6.10 Å². The number of benzene rings is 1. The summed E-state index contributed by atoms with van der Waals surface area (Å²) in [7, 11) is 0. The highest BCUT2D eigenvalue weighted by Gasteiger charge is 2.23. The lowest BCUT2D eigenvalue weighted by Crippen LogP contribution is -2.36. The molecule has 2 N–H and O–H groups in total. The minimum absolute atomic E-state index is 0.0995. The van der Waals surface area contributed by atoms with E-state index in [1.807, 2.05) is 6.92 Å². The molecule has 1 saturated carbocycles. The van der Waals surface area contributed by atoms with Gasteiger partial charge in [-0.05, 0) is 43.5 Å². The zero-order valence-electron chi connectivity index (χ0n) is 11.2. The Morgan fingerprint density at radius 2 is 2.16 bits per heavy atom. The predicted octanol–water partition coefficient (Wildman–Crippen LogP) is 2.93. The number of hydrogen-bond donors (Lipinski definition) is 2. The monoisotopic (exact) mass is 281 g/mol. The first-order valence-corrected chi connectivity index (χ1v) is 7.18. The van der Waals surface area contributed by atoms with Crippen molar-refractivity contribution >= 4 is 17.5 Å². The number of hydrogen-bond acceptors (Lipinski definition) is 2. The average Bonchev–Trinajstić information content (AvgIpc) is 2.40. The number of amides is 1. The van der Waals surface area contributed by atoms with Gasteiger partial charge in [-0.15, -0.1) is 0 Å². The normalized spacial score (nSPS) is 23.1. The molecular weight excluding hydrogens is 262 g/mol. The molecule has 1 aromatic carbocycles. The van der Waals surface area contributed by atoms with Crippen LogP contribution in [0.1, 0.15) is 41.6 Å². The first-order chi connectivity index (χ1) is 9.08. The van der Waals surface area contributed by atoms with Crippen LogP contribution in [0.5, 0.6) is 0 Å². The Hall–Kier alpha value is -1.06. The molecule has 1 fully saturated rings.